The van der Waals surface area contributed by atoms with Gasteiger partial charge in [-0.2, -0.15) is 0 Å². The number of phenols is 1. The van der Waals surface area contributed by atoms with E-state index in [0.717, 1.165) is 6.42 Å². The van der Waals surface area contributed by atoms with Crippen molar-refractivity contribution in [2.45, 2.75) is 33.1 Å². The number of anilines is 1. The SMILES string of the molecule is CCCCc1c(C(=O)c2ccc(O)cc2)cc(NC(C)=O)cc1[As](=O)(O)OO. The molecule has 0 spiro atoms. The molecule has 2 rings (SSSR count). The van der Waals surface area contributed by atoms with Crippen LogP contribution in [0.25, 0.3) is 0 Å². The van der Waals surface area contributed by atoms with Crippen molar-refractivity contribution in [3.8, 4) is 5.75 Å². The molecule has 4 N–H and O–H groups in total. The molecule has 0 aliphatic carbocycles. The third kappa shape index (κ3) is 5.11. The molecular formula is C19H22AsNO7. The summed E-state index contributed by atoms with van der Waals surface area (Å²) in [7, 11) is 0. The van der Waals surface area contributed by atoms with Crippen LogP contribution in [0.5, 0.6) is 5.75 Å². The van der Waals surface area contributed by atoms with Crippen molar-refractivity contribution < 1.29 is 31.7 Å². The van der Waals surface area contributed by atoms with E-state index in [2.05, 4.69) is 9.19 Å². The van der Waals surface area contributed by atoms with Gasteiger partial charge in [-0.05, 0) is 0 Å². The second-order valence-corrected chi connectivity index (χ2v) is 9.82. The first-order valence-corrected chi connectivity index (χ1v) is 11.9. The molecule has 0 heterocycles. The number of aromatic hydroxyl groups is 1. The average Bonchev–Trinajstić information content (AvgIpc) is 2.65. The Hall–Kier alpha value is -2.38. The summed E-state index contributed by atoms with van der Waals surface area (Å²) in [5.41, 5.74) is 0.797. The molecule has 0 saturated heterocycles. The Labute approximate surface area is 165 Å². The molecule has 0 aliphatic heterocycles. The molecule has 2 aromatic rings. The molecule has 0 aliphatic rings. The molecule has 0 radical (unpaired) electrons. The van der Waals surface area contributed by atoms with Crippen LogP contribution in [0, 0.1) is 0 Å². The monoisotopic (exact) mass is 451 g/mol. The van der Waals surface area contributed by atoms with Gasteiger partial charge in [-0.25, -0.2) is 0 Å². The molecule has 8 nitrogen and oxygen atoms in total. The summed E-state index contributed by atoms with van der Waals surface area (Å²) < 4.78 is 26.3. The third-order valence-corrected chi connectivity index (χ3v) is 6.70. The van der Waals surface area contributed by atoms with Gasteiger partial charge in [0.2, 0.25) is 0 Å². The zero-order valence-corrected chi connectivity index (χ0v) is 17.4. The molecular weight excluding hydrogens is 429 g/mol. The summed E-state index contributed by atoms with van der Waals surface area (Å²) in [6.45, 7) is 3.19. The number of amides is 1. The molecule has 150 valence electrons. The number of nitrogens with one attached hydrogen (secondary N) is 1. The number of carbonyl (C=O) groups excluding carboxylic acids is 2. The number of phenolic OH excluding ortho intramolecular Hbond substituents is 1. The van der Waals surface area contributed by atoms with Gasteiger partial charge in [-0.3, -0.25) is 0 Å². The summed E-state index contributed by atoms with van der Waals surface area (Å²) in [5, 5.41) is 20.9. The fraction of sp³-hybridized carbons (Fsp3) is 0.263. The van der Waals surface area contributed by atoms with Crippen LogP contribution in [-0.4, -0.2) is 40.3 Å². The van der Waals surface area contributed by atoms with Crippen molar-refractivity contribution >= 4 is 35.9 Å². The molecule has 28 heavy (non-hydrogen) atoms. The minimum absolute atomic E-state index is 0.00720. The van der Waals surface area contributed by atoms with Gasteiger partial charge < -0.3 is 0 Å². The Morgan fingerprint density at radius 3 is 2.36 bits per heavy atom. The van der Waals surface area contributed by atoms with E-state index in [4.69, 9.17) is 5.26 Å². The zero-order valence-electron chi connectivity index (χ0n) is 15.5. The van der Waals surface area contributed by atoms with Crippen LogP contribution in [0.15, 0.2) is 36.4 Å². The summed E-state index contributed by atoms with van der Waals surface area (Å²) >= 11 is -5.34. The number of hydrogen-bond acceptors (Lipinski definition) is 6. The predicted molar refractivity (Wildman–Crippen MR) is 103 cm³/mol. The van der Waals surface area contributed by atoms with E-state index in [0.29, 0.717) is 12.8 Å². The van der Waals surface area contributed by atoms with Crippen LogP contribution in [0.3, 0.4) is 0 Å². The van der Waals surface area contributed by atoms with Crippen LogP contribution in [0.2, 0.25) is 0 Å². The number of benzene rings is 2. The van der Waals surface area contributed by atoms with Gasteiger partial charge in [0, 0.05) is 0 Å². The second kappa shape index (κ2) is 9.21. The number of hydrogen-bond donors (Lipinski definition) is 4. The van der Waals surface area contributed by atoms with Gasteiger partial charge in [0.15, 0.2) is 0 Å². The molecule has 1 amide bonds. The van der Waals surface area contributed by atoms with E-state index >= 15 is 0 Å². The van der Waals surface area contributed by atoms with Crippen molar-refractivity contribution in [2.75, 3.05) is 5.32 Å². The van der Waals surface area contributed by atoms with Gasteiger partial charge in [-0.15, -0.1) is 0 Å². The number of carbonyl (C=O) groups is 2. The van der Waals surface area contributed by atoms with E-state index in [1.54, 1.807) is 0 Å². The maximum absolute atomic E-state index is 13.1. The van der Waals surface area contributed by atoms with Crippen molar-refractivity contribution in [2.24, 2.45) is 0 Å². The quantitative estimate of drug-likeness (QED) is 0.209. The Balaban J connectivity index is 2.72. The summed E-state index contributed by atoms with van der Waals surface area (Å²) in [5.74, 6) is -0.888. The number of unbranched alkanes of at least 4 members (excludes halogenated alkanes) is 1. The Morgan fingerprint density at radius 1 is 1.18 bits per heavy atom. The Bertz CT molecular complexity index is 925. The van der Waals surface area contributed by atoms with E-state index in [1.807, 2.05) is 6.92 Å². The summed E-state index contributed by atoms with van der Waals surface area (Å²) in [4.78, 5) is 24.5. The maximum atomic E-state index is 13.1. The number of rotatable bonds is 8. The van der Waals surface area contributed by atoms with Crippen molar-refractivity contribution in [1.82, 2.24) is 0 Å². The van der Waals surface area contributed by atoms with Crippen molar-refractivity contribution in [3.05, 3.63) is 53.1 Å². The van der Waals surface area contributed by atoms with Gasteiger partial charge in [0.1, 0.15) is 0 Å². The standard InChI is InChI=1S/C19H22AsNO7/c1-3-4-5-16-17(19(24)13-6-8-15(23)9-7-13)10-14(21-12(2)22)11-18(16)20(25,26)28-27/h6-11,23,27H,3-5H2,1-2H3,(H,21,22)(H,25,26). The first kappa shape index (κ1) is 21.9. The molecule has 2 aromatic carbocycles. The third-order valence-electron chi connectivity index (χ3n) is 4.12. The van der Waals surface area contributed by atoms with E-state index in [1.165, 1.54) is 43.3 Å². The van der Waals surface area contributed by atoms with Crippen LogP contribution >= 0.6 is 0 Å². The molecule has 0 aromatic heterocycles. The van der Waals surface area contributed by atoms with Crippen molar-refractivity contribution in [3.63, 3.8) is 0 Å². The second-order valence-electron chi connectivity index (χ2n) is 6.28. The fourth-order valence-corrected chi connectivity index (χ4v) is 4.84. The predicted octanol–water partition coefficient (Wildman–Crippen LogP) is 1.98. The molecule has 1 unspecified atom stereocenters. The van der Waals surface area contributed by atoms with E-state index in [9.17, 15) is 22.5 Å². The van der Waals surface area contributed by atoms with Gasteiger partial charge in [0.05, 0.1) is 0 Å². The van der Waals surface area contributed by atoms with Gasteiger partial charge >= 0.3 is 165 Å². The zero-order chi connectivity index (χ0) is 20.9. The van der Waals surface area contributed by atoms with E-state index < -0.39 is 25.9 Å². The topological polar surface area (TPSA) is 133 Å². The van der Waals surface area contributed by atoms with E-state index in [-0.39, 0.29) is 32.5 Å². The summed E-state index contributed by atoms with van der Waals surface area (Å²) in [6, 6.07) is 8.24. The average molecular weight is 451 g/mol. The molecule has 1 atom stereocenters. The normalized spacial score (nSPS) is 13.0. The fourth-order valence-electron chi connectivity index (χ4n) is 2.82. The first-order valence-electron chi connectivity index (χ1n) is 8.64. The van der Waals surface area contributed by atoms with Gasteiger partial charge in [-0.1, -0.05) is 0 Å². The van der Waals surface area contributed by atoms with Crippen molar-refractivity contribution in [1.29, 1.82) is 0 Å². The van der Waals surface area contributed by atoms with Crippen LogP contribution in [-0.2, 0) is 18.8 Å². The molecule has 0 saturated carbocycles. The van der Waals surface area contributed by atoms with Gasteiger partial charge in [0.25, 0.3) is 0 Å². The minimum atomic E-state index is -5.34. The van der Waals surface area contributed by atoms with Crippen LogP contribution in [0.4, 0.5) is 5.69 Å². The number of ketones is 1. The molecule has 0 fully saturated rings. The molecule has 0 bridgehead atoms. The Kier molecular flexibility index (Phi) is 7.21. The summed E-state index contributed by atoms with van der Waals surface area (Å²) in [6.07, 6.45) is 1.70. The Morgan fingerprint density at radius 2 is 1.82 bits per heavy atom. The first-order chi connectivity index (χ1) is 13.2. The van der Waals surface area contributed by atoms with Crippen LogP contribution < -0.4 is 9.67 Å². The van der Waals surface area contributed by atoms with Crippen LogP contribution in [0.1, 0.15) is 48.2 Å². The molecule has 9 heteroatoms.